The van der Waals surface area contributed by atoms with Gasteiger partial charge in [-0.25, -0.2) is 0 Å². The van der Waals surface area contributed by atoms with Crippen LogP contribution in [0.5, 0.6) is 0 Å². The van der Waals surface area contributed by atoms with E-state index in [4.69, 9.17) is 9.84 Å². The molecule has 0 fully saturated rings. The van der Waals surface area contributed by atoms with Gasteiger partial charge < -0.3 is 14.7 Å². The Morgan fingerprint density at radius 1 is 0.833 bits per heavy atom. The number of aliphatic hydroxyl groups is 1. The maximum atomic E-state index is 11.6. The number of esters is 1. The zero-order valence-electron chi connectivity index (χ0n) is 16.2. The van der Waals surface area contributed by atoms with Crippen LogP contribution in [0.3, 0.4) is 0 Å². The Balaban J connectivity index is 3.21. The summed E-state index contributed by atoms with van der Waals surface area (Å²) in [7, 11) is 2.04. The number of rotatable bonds is 18. The third-order valence-electron chi connectivity index (χ3n) is 4.41. The molecule has 0 aliphatic carbocycles. The van der Waals surface area contributed by atoms with Crippen LogP contribution in [-0.4, -0.2) is 49.3 Å². The van der Waals surface area contributed by atoms with Crippen LogP contribution in [0.4, 0.5) is 0 Å². The Bertz CT molecular complexity index is 272. The van der Waals surface area contributed by atoms with Gasteiger partial charge in [-0.15, -0.1) is 0 Å². The quantitative estimate of drug-likeness (QED) is 0.293. The smallest absolute Gasteiger partial charge is 0.305 e. The predicted octanol–water partition coefficient (Wildman–Crippen LogP) is 4.54. The molecule has 0 saturated carbocycles. The van der Waals surface area contributed by atoms with Crippen molar-refractivity contribution in [3.8, 4) is 0 Å². The van der Waals surface area contributed by atoms with E-state index >= 15 is 0 Å². The maximum absolute atomic E-state index is 11.6. The van der Waals surface area contributed by atoms with E-state index in [9.17, 15) is 4.79 Å². The first kappa shape index (κ1) is 23.4. The SMILES string of the molecule is CCCCCCCCCOC(=O)CCCCCCCN(C)CCO. The molecule has 0 aromatic rings. The van der Waals surface area contributed by atoms with Crippen molar-refractivity contribution in [2.45, 2.75) is 90.4 Å². The summed E-state index contributed by atoms with van der Waals surface area (Å²) in [5, 5.41) is 8.81. The first-order chi connectivity index (χ1) is 11.7. The van der Waals surface area contributed by atoms with Gasteiger partial charge in [-0.1, -0.05) is 64.7 Å². The molecule has 0 amide bonds. The second-order valence-corrected chi connectivity index (χ2v) is 6.89. The largest absolute Gasteiger partial charge is 0.466 e. The lowest BCUT2D eigenvalue weighted by Gasteiger charge is -2.14. The van der Waals surface area contributed by atoms with E-state index in [1.54, 1.807) is 0 Å². The fourth-order valence-electron chi connectivity index (χ4n) is 2.78. The molecule has 0 spiro atoms. The summed E-state index contributed by atoms with van der Waals surface area (Å²) in [6.07, 6.45) is 14.9. The first-order valence-electron chi connectivity index (χ1n) is 10.2. The van der Waals surface area contributed by atoms with E-state index in [1.165, 1.54) is 57.8 Å². The minimum Gasteiger partial charge on any atom is -0.466 e. The molecule has 0 aliphatic heterocycles. The fourth-order valence-corrected chi connectivity index (χ4v) is 2.78. The van der Waals surface area contributed by atoms with Gasteiger partial charge >= 0.3 is 5.97 Å². The molecule has 24 heavy (non-hydrogen) atoms. The first-order valence-corrected chi connectivity index (χ1v) is 10.2. The average molecular weight is 344 g/mol. The molecule has 144 valence electrons. The number of carbonyl (C=O) groups is 1. The molecule has 0 heterocycles. The third-order valence-corrected chi connectivity index (χ3v) is 4.41. The van der Waals surface area contributed by atoms with E-state index in [2.05, 4.69) is 11.8 Å². The summed E-state index contributed by atoms with van der Waals surface area (Å²) in [4.78, 5) is 13.8. The van der Waals surface area contributed by atoms with Crippen LogP contribution in [0.2, 0.25) is 0 Å². The number of ether oxygens (including phenoxy) is 1. The lowest BCUT2D eigenvalue weighted by Crippen LogP contribution is -2.23. The van der Waals surface area contributed by atoms with Gasteiger partial charge in [0.2, 0.25) is 0 Å². The van der Waals surface area contributed by atoms with Crippen molar-refractivity contribution >= 4 is 5.97 Å². The van der Waals surface area contributed by atoms with Crippen molar-refractivity contribution in [1.82, 2.24) is 4.90 Å². The Hall–Kier alpha value is -0.610. The second kappa shape index (κ2) is 18.7. The summed E-state index contributed by atoms with van der Waals surface area (Å²) >= 11 is 0. The lowest BCUT2D eigenvalue weighted by molar-refractivity contribution is -0.143. The van der Waals surface area contributed by atoms with E-state index in [0.717, 1.165) is 32.4 Å². The molecule has 0 aromatic heterocycles. The minimum absolute atomic E-state index is 0.0244. The van der Waals surface area contributed by atoms with Crippen LogP contribution >= 0.6 is 0 Å². The van der Waals surface area contributed by atoms with Crippen LogP contribution < -0.4 is 0 Å². The van der Waals surface area contributed by atoms with Gasteiger partial charge in [0, 0.05) is 13.0 Å². The number of aliphatic hydroxyl groups excluding tert-OH is 1. The zero-order chi connectivity index (χ0) is 17.9. The monoisotopic (exact) mass is 343 g/mol. The third kappa shape index (κ3) is 17.7. The molecule has 0 unspecified atom stereocenters. The summed E-state index contributed by atoms with van der Waals surface area (Å²) in [6, 6.07) is 0. The molecule has 1 N–H and O–H groups in total. The predicted molar refractivity (Wildman–Crippen MR) is 101 cm³/mol. The second-order valence-electron chi connectivity index (χ2n) is 6.89. The summed E-state index contributed by atoms with van der Waals surface area (Å²) in [5.74, 6) is -0.0244. The van der Waals surface area contributed by atoms with Gasteiger partial charge in [0.1, 0.15) is 0 Å². The van der Waals surface area contributed by atoms with Gasteiger partial charge in [0.05, 0.1) is 13.2 Å². The molecule has 0 aromatic carbocycles. The van der Waals surface area contributed by atoms with Crippen LogP contribution in [-0.2, 0) is 9.53 Å². The highest BCUT2D eigenvalue weighted by Crippen LogP contribution is 2.09. The Morgan fingerprint density at radius 3 is 2.08 bits per heavy atom. The molecule has 0 radical (unpaired) electrons. The molecule has 0 aliphatic rings. The van der Waals surface area contributed by atoms with Gasteiger partial charge in [-0.2, -0.15) is 0 Å². The molecule has 0 rings (SSSR count). The van der Waals surface area contributed by atoms with Gasteiger partial charge in [-0.3, -0.25) is 4.79 Å². The van der Waals surface area contributed by atoms with Gasteiger partial charge in [-0.05, 0) is 32.9 Å². The number of unbranched alkanes of at least 4 members (excludes halogenated alkanes) is 10. The highest BCUT2D eigenvalue weighted by molar-refractivity contribution is 5.69. The van der Waals surface area contributed by atoms with E-state index in [-0.39, 0.29) is 12.6 Å². The topological polar surface area (TPSA) is 49.8 Å². The number of hydrogen-bond donors (Lipinski definition) is 1. The highest BCUT2D eigenvalue weighted by atomic mass is 16.5. The minimum atomic E-state index is -0.0244. The van der Waals surface area contributed by atoms with Gasteiger partial charge in [0.25, 0.3) is 0 Å². The molecule has 4 heteroatoms. The van der Waals surface area contributed by atoms with Crippen molar-refractivity contribution in [3.05, 3.63) is 0 Å². The van der Waals surface area contributed by atoms with Crippen LogP contribution in [0.25, 0.3) is 0 Å². The normalized spacial score (nSPS) is 11.2. The summed E-state index contributed by atoms with van der Waals surface area (Å²) < 4.78 is 5.29. The molecular formula is C20H41NO3. The molecule has 0 bridgehead atoms. The average Bonchev–Trinajstić information content (AvgIpc) is 2.56. The van der Waals surface area contributed by atoms with Crippen molar-refractivity contribution in [2.75, 3.05) is 33.4 Å². The van der Waals surface area contributed by atoms with Crippen molar-refractivity contribution in [1.29, 1.82) is 0 Å². The van der Waals surface area contributed by atoms with E-state index < -0.39 is 0 Å². The summed E-state index contributed by atoms with van der Waals surface area (Å²) in [5.41, 5.74) is 0. The summed E-state index contributed by atoms with van der Waals surface area (Å²) in [6.45, 7) is 4.87. The molecular weight excluding hydrogens is 302 g/mol. The van der Waals surface area contributed by atoms with Crippen LogP contribution in [0.15, 0.2) is 0 Å². The van der Waals surface area contributed by atoms with Crippen LogP contribution in [0, 0.1) is 0 Å². The van der Waals surface area contributed by atoms with E-state index in [0.29, 0.717) is 13.0 Å². The van der Waals surface area contributed by atoms with E-state index in [1.807, 2.05) is 7.05 Å². The van der Waals surface area contributed by atoms with Crippen LogP contribution in [0.1, 0.15) is 90.4 Å². The molecule has 0 saturated heterocycles. The van der Waals surface area contributed by atoms with Crippen molar-refractivity contribution in [3.63, 3.8) is 0 Å². The Kier molecular flexibility index (Phi) is 18.2. The molecule has 4 nitrogen and oxygen atoms in total. The lowest BCUT2D eigenvalue weighted by atomic mass is 10.1. The van der Waals surface area contributed by atoms with Crippen molar-refractivity contribution in [2.24, 2.45) is 0 Å². The maximum Gasteiger partial charge on any atom is 0.305 e. The Morgan fingerprint density at radius 2 is 1.42 bits per heavy atom. The Labute approximate surface area is 150 Å². The highest BCUT2D eigenvalue weighted by Gasteiger charge is 2.03. The van der Waals surface area contributed by atoms with Gasteiger partial charge in [0.15, 0.2) is 0 Å². The zero-order valence-corrected chi connectivity index (χ0v) is 16.2. The number of likely N-dealkylation sites (N-methyl/N-ethyl adjacent to an activating group) is 1. The van der Waals surface area contributed by atoms with Crippen molar-refractivity contribution < 1.29 is 14.6 Å². The number of nitrogens with zero attached hydrogens (tertiary/aromatic N) is 1. The number of hydrogen-bond acceptors (Lipinski definition) is 4. The fraction of sp³-hybridized carbons (Fsp3) is 0.950. The standard InChI is InChI=1S/C20H41NO3/c1-3-4-5-6-7-11-14-19-24-20(23)15-12-9-8-10-13-16-21(2)17-18-22/h22H,3-19H2,1-2H3. The molecule has 0 atom stereocenters. The number of carbonyl (C=O) groups excluding carboxylic acids is 1.